The molecule has 8 heteroatoms. The lowest BCUT2D eigenvalue weighted by Gasteiger charge is -2.31. The molecule has 0 amide bonds. The van der Waals surface area contributed by atoms with Gasteiger partial charge in [-0.05, 0) is 74.2 Å². The summed E-state index contributed by atoms with van der Waals surface area (Å²) in [7, 11) is 18.2. The van der Waals surface area contributed by atoms with Crippen LogP contribution < -0.4 is 18.9 Å². The van der Waals surface area contributed by atoms with E-state index in [4.69, 9.17) is 0 Å². The third kappa shape index (κ3) is 9.81. The minimum atomic E-state index is -0.0144. The molecular weight excluding hydrogens is 821 g/mol. The maximum absolute atomic E-state index is 2.41. The molecule has 0 radical (unpaired) electrons. The van der Waals surface area contributed by atoms with Gasteiger partial charge in [0.25, 0.3) is 0 Å². The van der Waals surface area contributed by atoms with Gasteiger partial charge in [-0.1, -0.05) is 82.3 Å². The molecule has 8 rings (SSSR count). The van der Waals surface area contributed by atoms with Crippen molar-refractivity contribution in [3.05, 3.63) is 156 Å². The fourth-order valence-electron chi connectivity index (χ4n) is 9.90. The number of rotatable bonds is 19. The summed E-state index contributed by atoms with van der Waals surface area (Å²) in [5, 5.41) is 0. The van der Waals surface area contributed by atoms with Gasteiger partial charge in [-0.2, -0.15) is 9.13 Å². The van der Waals surface area contributed by atoms with Crippen molar-refractivity contribution in [2.75, 3.05) is 103 Å². The summed E-state index contributed by atoms with van der Waals surface area (Å²) in [6, 6.07) is 45.2. The molecule has 0 N–H and O–H groups in total. The van der Waals surface area contributed by atoms with Crippen molar-refractivity contribution >= 4 is 33.0 Å². The minimum absolute atomic E-state index is 0.0144. The molecule has 64 heavy (non-hydrogen) atoms. The quantitative estimate of drug-likeness (QED) is 0.0348. The van der Waals surface area contributed by atoms with Gasteiger partial charge >= 0.3 is 0 Å². The molecule has 0 fully saturated rings. The smallest absolute Gasteiger partial charge is 0.215 e. The molecule has 6 nitrogen and oxygen atoms in total. The van der Waals surface area contributed by atoms with Crippen molar-refractivity contribution in [1.82, 2.24) is 0 Å². The molecule has 2 aromatic heterocycles. The number of benzene rings is 4. The van der Waals surface area contributed by atoms with Crippen LogP contribution >= 0.6 is 21.6 Å². The van der Waals surface area contributed by atoms with E-state index in [-0.39, 0.29) is 10.8 Å². The largest absolute Gasteiger partial charge is 0.374 e. The summed E-state index contributed by atoms with van der Waals surface area (Å²) in [4.78, 5) is 4.83. The molecule has 0 atom stereocenters. The number of pyridine rings is 2. The van der Waals surface area contributed by atoms with Crippen LogP contribution in [-0.4, -0.2) is 102 Å². The number of quaternary nitrogens is 2. The zero-order valence-electron chi connectivity index (χ0n) is 40.3. The molecular formula is C56H72N6S2+4. The second-order valence-electron chi connectivity index (χ2n) is 20.7. The molecule has 0 aliphatic carbocycles. The molecule has 2 aliphatic heterocycles. The van der Waals surface area contributed by atoms with E-state index in [0.717, 1.165) is 22.1 Å². The lowest BCUT2D eigenvalue weighted by atomic mass is 9.82. The van der Waals surface area contributed by atoms with Crippen molar-refractivity contribution in [3.8, 4) is 33.6 Å². The van der Waals surface area contributed by atoms with Gasteiger partial charge in [0.15, 0.2) is 23.8 Å². The average molecular weight is 893 g/mol. The number of hydrogen-bond acceptors (Lipinski definition) is 4. The third-order valence-electron chi connectivity index (χ3n) is 14.3. The van der Waals surface area contributed by atoms with Crippen LogP contribution in [0.25, 0.3) is 33.6 Å². The highest BCUT2D eigenvalue weighted by Gasteiger charge is 2.44. The Balaban J connectivity index is 0.705. The Bertz CT molecular complexity index is 2380. The van der Waals surface area contributed by atoms with Gasteiger partial charge < -0.3 is 18.8 Å². The first-order valence-electron chi connectivity index (χ1n) is 23.4. The first kappa shape index (κ1) is 45.9. The van der Waals surface area contributed by atoms with Crippen LogP contribution in [-0.2, 0) is 10.8 Å². The second kappa shape index (κ2) is 18.7. The van der Waals surface area contributed by atoms with Gasteiger partial charge in [0, 0.05) is 98.9 Å². The average Bonchev–Trinajstić information content (AvgIpc) is 3.66. The lowest BCUT2D eigenvalue weighted by molar-refractivity contribution is -0.887. The van der Waals surface area contributed by atoms with Crippen LogP contribution in [0.3, 0.4) is 0 Å². The van der Waals surface area contributed by atoms with Gasteiger partial charge in [-0.3, -0.25) is 0 Å². The third-order valence-corrected chi connectivity index (χ3v) is 16.7. The van der Waals surface area contributed by atoms with Crippen LogP contribution in [0.1, 0.15) is 63.1 Å². The second-order valence-corrected chi connectivity index (χ2v) is 23.4. The van der Waals surface area contributed by atoms with Gasteiger partial charge in [0.2, 0.25) is 11.4 Å². The maximum atomic E-state index is 2.41. The zero-order chi connectivity index (χ0) is 45.3. The molecule has 334 valence electrons. The van der Waals surface area contributed by atoms with Crippen LogP contribution in [0.15, 0.2) is 134 Å². The van der Waals surface area contributed by atoms with Crippen LogP contribution in [0.4, 0.5) is 11.4 Å². The summed E-state index contributed by atoms with van der Waals surface area (Å²) >= 11 is 0. The minimum Gasteiger partial charge on any atom is -0.374 e. The molecule has 0 unspecified atom stereocenters. The van der Waals surface area contributed by atoms with E-state index >= 15 is 0 Å². The van der Waals surface area contributed by atoms with Crippen molar-refractivity contribution in [2.45, 2.75) is 51.4 Å². The lowest BCUT2D eigenvalue weighted by Crippen LogP contribution is -2.43. The standard InChI is InChI=1S/C56H72N6S2/c1-55(2)49-17-11-13-19-51(49)59-33-29-45(41-53(55)59)43-21-25-47(26-22-43)57(5)31-15-35-61(7,8)37-39-63-64-40-38-62(9,10)36-16-32-58(6)48-27-23-44(24-28-48)46-30-34-60-52-20-14-12-18-50(52)56(3,4)54(60)42-46/h11-14,17-30,33-34,41-42H,15-16,31-32,35-40H2,1-10H3/q+4. The summed E-state index contributed by atoms with van der Waals surface area (Å²) < 4.78 is 6.85. The fraction of sp³-hybridized carbons (Fsp3) is 0.393. The molecule has 2 aliphatic rings. The Labute approximate surface area is 393 Å². The van der Waals surface area contributed by atoms with E-state index in [0.29, 0.717) is 0 Å². The number of fused-ring (bicyclic) bond motifs is 6. The molecule has 0 bridgehead atoms. The summed E-state index contributed by atoms with van der Waals surface area (Å²) in [5.41, 5.74) is 15.7. The van der Waals surface area contributed by atoms with Crippen LogP contribution in [0.5, 0.6) is 0 Å². The van der Waals surface area contributed by atoms with Crippen LogP contribution in [0, 0.1) is 0 Å². The van der Waals surface area contributed by atoms with E-state index in [1.54, 1.807) is 0 Å². The Morgan fingerprint density at radius 3 is 1.23 bits per heavy atom. The Morgan fingerprint density at radius 1 is 0.469 bits per heavy atom. The van der Waals surface area contributed by atoms with Gasteiger partial charge in [0.1, 0.15) is 0 Å². The molecule has 6 aromatic rings. The molecule has 0 spiro atoms. The predicted octanol–water partition coefficient (Wildman–Crippen LogP) is 10.7. The van der Waals surface area contributed by atoms with E-state index in [2.05, 4.69) is 244 Å². The highest BCUT2D eigenvalue weighted by molar-refractivity contribution is 8.76. The van der Waals surface area contributed by atoms with Gasteiger partial charge in [-0.25, -0.2) is 0 Å². The van der Waals surface area contributed by atoms with E-state index in [1.165, 1.54) is 118 Å². The van der Waals surface area contributed by atoms with Crippen molar-refractivity contribution in [3.63, 3.8) is 0 Å². The fourth-order valence-corrected chi connectivity index (χ4v) is 12.4. The van der Waals surface area contributed by atoms with Crippen molar-refractivity contribution in [2.24, 2.45) is 0 Å². The van der Waals surface area contributed by atoms with Crippen LogP contribution in [0.2, 0.25) is 0 Å². The topological polar surface area (TPSA) is 14.2 Å². The van der Waals surface area contributed by atoms with Crippen molar-refractivity contribution < 1.29 is 18.1 Å². The predicted molar refractivity (Wildman–Crippen MR) is 275 cm³/mol. The SMILES string of the molecule is CN(CCC[N+](C)(C)CCSSCC[N+](C)(C)CCCN(C)c1ccc(-c2cc[n+]3c(c2)C(C)(C)c2ccccc2-3)cc1)c1ccc(-c2cc[n+]3c(c2)C(C)(C)c2ccccc2-3)cc1. The number of para-hydroxylation sites is 2. The Morgan fingerprint density at radius 2 is 0.844 bits per heavy atom. The number of aromatic nitrogens is 2. The van der Waals surface area contributed by atoms with Gasteiger partial charge in [-0.15, -0.1) is 0 Å². The number of hydrogen-bond donors (Lipinski definition) is 0. The monoisotopic (exact) mass is 893 g/mol. The summed E-state index contributed by atoms with van der Waals surface area (Å²) in [5.74, 6) is 2.38. The highest BCUT2D eigenvalue weighted by atomic mass is 33.1. The molecule has 4 heterocycles. The summed E-state index contributed by atoms with van der Waals surface area (Å²) in [6.07, 6.45) is 6.84. The first-order valence-corrected chi connectivity index (χ1v) is 25.9. The van der Waals surface area contributed by atoms with E-state index < -0.39 is 0 Å². The number of anilines is 2. The first-order chi connectivity index (χ1) is 30.5. The van der Waals surface area contributed by atoms with E-state index in [1.807, 2.05) is 0 Å². The molecule has 0 saturated carbocycles. The summed E-state index contributed by atoms with van der Waals surface area (Å²) in [6.45, 7) is 16.2. The van der Waals surface area contributed by atoms with Gasteiger partial charge in [0.05, 0.1) is 76.7 Å². The maximum Gasteiger partial charge on any atom is 0.215 e. The molecule has 4 aromatic carbocycles. The normalized spacial score (nSPS) is 14.5. The van der Waals surface area contributed by atoms with Crippen molar-refractivity contribution in [1.29, 1.82) is 0 Å². The molecule has 0 saturated heterocycles. The Hall–Kier alpha value is -4.60. The number of nitrogens with zero attached hydrogens (tertiary/aromatic N) is 6. The Kier molecular flexibility index (Phi) is 13.4. The zero-order valence-corrected chi connectivity index (χ0v) is 41.9. The van der Waals surface area contributed by atoms with E-state index in [9.17, 15) is 0 Å². The highest BCUT2D eigenvalue weighted by Crippen LogP contribution is 2.40.